The van der Waals surface area contributed by atoms with Crippen molar-refractivity contribution in [1.29, 1.82) is 0 Å². The van der Waals surface area contributed by atoms with E-state index in [4.69, 9.17) is 0 Å². The maximum atomic E-state index is 13.6. The molecule has 32 heavy (non-hydrogen) atoms. The van der Waals surface area contributed by atoms with Gasteiger partial charge in [-0.2, -0.15) is 0 Å². The fourth-order valence-corrected chi connectivity index (χ4v) is 4.59. The van der Waals surface area contributed by atoms with E-state index in [0.29, 0.717) is 30.0 Å². The number of hydrogen-bond donors (Lipinski definition) is 0. The lowest BCUT2D eigenvalue weighted by Gasteiger charge is -2.25. The van der Waals surface area contributed by atoms with Crippen LogP contribution in [-0.4, -0.2) is 48.9 Å². The maximum absolute atomic E-state index is 13.6. The number of aromatic nitrogens is 1. The van der Waals surface area contributed by atoms with Crippen LogP contribution in [0.2, 0.25) is 0 Å². The molecule has 0 radical (unpaired) electrons. The largest absolute Gasteiger partial charge is 0.378 e. The summed E-state index contributed by atoms with van der Waals surface area (Å²) in [6, 6.07) is 15.2. The highest BCUT2D eigenvalue weighted by molar-refractivity contribution is 7.11. The maximum Gasteiger partial charge on any atom is 0.282 e. The van der Waals surface area contributed by atoms with E-state index in [9.17, 15) is 9.59 Å². The zero-order chi connectivity index (χ0) is 22.7. The number of amides is 2. The molecule has 0 unspecified atom stereocenters. The van der Waals surface area contributed by atoms with E-state index in [-0.39, 0.29) is 11.8 Å². The number of thiophene rings is 1. The third kappa shape index (κ3) is 4.16. The number of anilines is 2. The van der Waals surface area contributed by atoms with Crippen LogP contribution in [0, 0.1) is 0 Å². The van der Waals surface area contributed by atoms with Crippen LogP contribution in [0.3, 0.4) is 0 Å². The number of likely N-dealkylation sites (N-methyl/N-ethyl adjacent to an activating group) is 1. The molecule has 3 heterocycles. The van der Waals surface area contributed by atoms with Gasteiger partial charge in [0.15, 0.2) is 0 Å². The van der Waals surface area contributed by atoms with Crippen LogP contribution < -0.4 is 9.80 Å². The summed E-state index contributed by atoms with van der Waals surface area (Å²) in [4.78, 5) is 37.4. The van der Waals surface area contributed by atoms with Gasteiger partial charge in [-0.3, -0.25) is 14.6 Å². The fourth-order valence-electron chi connectivity index (χ4n) is 3.83. The Morgan fingerprint density at radius 1 is 0.969 bits per heavy atom. The van der Waals surface area contributed by atoms with Gasteiger partial charge in [0.05, 0.1) is 11.3 Å². The van der Waals surface area contributed by atoms with Crippen molar-refractivity contribution in [2.45, 2.75) is 13.3 Å². The first-order valence-electron chi connectivity index (χ1n) is 10.6. The van der Waals surface area contributed by atoms with Gasteiger partial charge in [-0.25, -0.2) is 4.90 Å². The van der Waals surface area contributed by atoms with Gasteiger partial charge in [-0.05, 0) is 66.8 Å². The monoisotopic (exact) mass is 446 g/mol. The van der Waals surface area contributed by atoms with Gasteiger partial charge >= 0.3 is 0 Å². The van der Waals surface area contributed by atoms with E-state index in [1.54, 1.807) is 12.4 Å². The normalized spacial score (nSPS) is 13.8. The Balaban J connectivity index is 1.69. The first-order chi connectivity index (χ1) is 15.5. The van der Waals surface area contributed by atoms with Crippen molar-refractivity contribution in [3.8, 4) is 0 Å². The third-order valence-corrected chi connectivity index (χ3v) is 6.46. The molecule has 7 heteroatoms. The molecular formula is C25H26N4O2S. The standard InChI is InChI=1S/C25H26N4O2S/c1-4-28(16-13-18-11-14-26-15-12-18)23-22(21-6-5-17-32-21)24(30)29(25(23)31)20-9-7-19(8-10-20)27(2)3/h5-12,14-15,17H,4,13,16H2,1-3H3. The van der Waals surface area contributed by atoms with Crippen molar-refractivity contribution in [2.75, 3.05) is 37.0 Å². The highest BCUT2D eigenvalue weighted by Crippen LogP contribution is 2.37. The molecule has 0 saturated heterocycles. The zero-order valence-electron chi connectivity index (χ0n) is 18.5. The van der Waals surface area contributed by atoms with E-state index < -0.39 is 0 Å². The highest BCUT2D eigenvalue weighted by atomic mass is 32.1. The number of benzene rings is 1. The predicted octanol–water partition coefficient (Wildman–Crippen LogP) is 4.06. The number of hydrogen-bond acceptors (Lipinski definition) is 6. The van der Waals surface area contributed by atoms with Gasteiger partial charge in [0.1, 0.15) is 5.70 Å². The fraction of sp³-hybridized carbons (Fsp3) is 0.240. The SMILES string of the molecule is CCN(CCc1ccncc1)C1=C(c2cccs2)C(=O)N(c2ccc(N(C)C)cc2)C1=O. The van der Waals surface area contributed by atoms with Crippen molar-refractivity contribution in [3.05, 3.63) is 82.4 Å². The summed E-state index contributed by atoms with van der Waals surface area (Å²) in [6.45, 7) is 3.27. The Morgan fingerprint density at radius 3 is 2.28 bits per heavy atom. The predicted molar refractivity (Wildman–Crippen MR) is 130 cm³/mol. The molecule has 0 spiro atoms. The van der Waals surface area contributed by atoms with Gasteiger partial charge < -0.3 is 9.80 Å². The smallest absolute Gasteiger partial charge is 0.282 e. The number of pyridine rings is 1. The molecule has 164 valence electrons. The number of imide groups is 1. The summed E-state index contributed by atoms with van der Waals surface area (Å²) in [5.74, 6) is -0.542. The lowest BCUT2D eigenvalue weighted by Crippen LogP contribution is -2.36. The zero-order valence-corrected chi connectivity index (χ0v) is 19.3. The molecule has 2 aromatic heterocycles. The topological polar surface area (TPSA) is 56.8 Å². The molecule has 6 nitrogen and oxygen atoms in total. The molecule has 1 aliphatic rings. The van der Waals surface area contributed by atoms with E-state index in [0.717, 1.165) is 22.5 Å². The summed E-state index contributed by atoms with van der Waals surface area (Å²) in [5, 5.41) is 1.93. The molecule has 0 saturated carbocycles. The molecule has 0 N–H and O–H groups in total. The highest BCUT2D eigenvalue weighted by Gasteiger charge is 2.42. The van der Waals surface area contributed by atoms with E-state index in [1.165, 1.54) is 16.2 Å². The molecule has 0 bridgehead atoms. The number of rotatable bonds is 8. The van der Waals surface area contributed by atoms with Gasteiger partial charge in [-0.1, -0.05) is 6.07 Å². The Hall–Kier alpha value is -3.45. The van der Waals surface area contributed by atoms with Gasteiger partial charge in [0.25, 0.3) is 11.8 Å². The van der Waals surface area contributed by atoms with Gasteiger partial charge in [-0.15, -0.1) is 11.3 Å². The summed E-state index contributed by atoms with van der Waals surface area (Å²) in [5.41, 5.74) is 3.69. The number of carbonyl (C=O) groups excluding carboxylic acids is 2. The summed E-state index contributed by atoms with van der Waals surface area (Å²) < 4.78 is 0. The van der Waals surface area contributed by atoms with Crippen LogP contribution in [0.15, 0.2) is 72.0 Å². The molecular weight excluding hydrogens is 420 g/mol. The van der Waals surface area contributed by atoms with E-state index >= 15 is 0 Å². The van der Waals surface area contributed by atoms with Crippen LogP contribution in [0.4, 0.5) is 11.4 Å². The second kappa shape index (κ2) is 9.36. The van der Waals surface area contributed by atoms with Crippen LogP contribution in [0.5, 0.6) is 0 Å². The molecule has 0 aliphatic carbocycles. The summed E-state index contributed by atoms with van der Waals surface area (Å²) in [7, 11) is 3.91. The quantitative estimate of drug-likeness (QED) is 0.489. The molecule has 0 fully saturated rings. The first-order valence-corrected chi connectivity index (χ1v) is 11.5. The first kappa shape index (κ1) is 21.8. The summed E-state index contributed by atoms with van der Waals surface area (Å²) >= 11 is 1.48. The van der Waals surface area contributed by atoms with Gasteiger partial charge in [0.2, 0.25) is 0 Å². The molecule has 2 amide bonds. The Bertz CT molecular complexity index is 1120. The Labute approximate surface area is 192 Å². The van der Waals surface area contributed by atoms with E-state index in [2.05, 4.69) is 4.98 Å². The van der Waals surface area contributed by atoms with Gasteiger partial charge in [0, 0.05) is 50.1 Å². The third-order valence-electron chi connectivity index (χ3n) is 5.57. The Kier molecular flexibility index (Phi) is 6.37. The van der Waals surface area contributed by atoms with Crippen LogP contribution in [0.1, 0.15) is 17.4 Å². The number of nitrogens with zero attached hydrogens (tertiary/aromatic N) is 4. The van der Waals surface area contributed by atoms with Crippen molar-refractivity contribution in [3.63, 3.8) is 0 Å². The average molecular weight is 447 g/mol. The van der Waals surface area contributed by atoms with Crippen molar-refractivity contribution >= 4 is 40.1 Å². The van der Waals surface area contributed by atoms with Crippen molar-refractivity contribution in [2.24, 2.45) is 0 Å². The van der Waals surface area contributed by atoms with Crippen LogP contribution in [0.25, 0.3) is 5.57 Å². The molecule has 3 aromatic rings. The van der Waals surface area contributed by atoms with Crippen molar-refractivity contribution in [1.82, 2.24) is 9.88 Å². The molecule has 4 rings (SSSR count). The summed E-state index contributed by atoms with van der Waals surface area (Å²) in [6.07, 6.45) is 4.30. The minimum Gasteiger partial charge on any atom is -0.378 e. The minimum atomic E-state index is -0.271. The van der Waals surface area contributed by atoms with Crippen molar-refractivity contribution < 1.29 is 9.59 Å². The second-order valence-electron chi connectivity index (χ2n) is 7.74. The second-order valence-corrected chi connectivity index (χ2v) is 8.69. The lowest BCUT2D eigenvalue weighted by atomic mass is 10.1. The molecule has 0 atom stereocenters. The Morgan fingerprint density at radius 2 is 1.69 bits per heavy atom. The van der Waals surface area contributed by atoms with Crippen LogP contribution >= 0.6 is 11.3 Å². The lowest BCUT2D eigenvalue weighted by molar-refractivity contribution is -0.120. The van der Waals surface area contributed by atoms with E-state index in [1.807, 2.05) is 84.7 Å². The average Bonchev–Trinajstić information content (AvgIpc) is 3.41. The minimum absolute atomic E-state index is 0.271. The van der Waals surface area contributed by atoms with Crippen LogP contribution in [-0.2, 0) is 16.0 Å². The molecule has 1 aromatic carbocycles. The number of carbonyl (C=O) groups is 2. The molecule has 1 aliphatic heterocycles.